The highest BCUT2D eigenvalue weighted by molar-refractivity contribution is 7.91. The maximum absolute atomic E-state index is 12.5. The molecule has 0 aliphatic carbocycles. The van der Waals surface area contributed by atoms with Crippen LogP contribution in [0.5, 0.6) is 0 Å². The fourth-order valence-corrected chi connectivity index (χ4v) is 3.20. The van der Waals surface area contributed by atoms with Gasteiger partial charge in [-0.05, 0) is 42.5 Å². The predicted molar refractivity (Wildman–Crippen MR) is 76.7 cm³/mol. The Labute approximate surface area is 112 Å². The van der Waals surface area contributed by atoms with Crippen molar-refractivity contribution in [3.8, 4) is 0 Å². The van der Waals surface area contributed by atoms with Crippen molar-refractivity contribution in [1.29, 1.82) is 0 Å². The van der Waals surface area contributed by atoms with Crippen LogP contribution in [0.3, 0.4) is 0 Å². The summed E-state index contributed by atoms with van der Waals surface area (Å²) in [6, 6.07) is 10.7. The number of sulfone groups is 1. The third-order valence-corrected chi connectivity index (χ3v) is 4.58. The molecule has 0 aliphatic heterocycles. The van der Waals surface area contributed by atoms with Crippen molar-refractivity contribution in [3.05, 3.63) is 42.5 Å². The van der Waals surface area contributed by atoms with Gasteiger partial charge in [0.05, 0.1) is 15.5 Å². The minimum atomic E-state index is -3.59. The van der Waals surface area contributed by atoms with Gasteiger partial charge in [0, 0.05) is 18.4 Å². The molecule has 6 heteroatoms. The monoisotopic (exact) mass is 277 g/mol. The highest BCUT2D eigenvalue weighted by Gasteiger charge is 2.20. The summed E-state index contributed by atoms with van der Waals surface area (Å²) in [6.45, 7) is 0. The van der Waals surface area contributed by atoms with Crippen LogP contribution in [0.25, 0.3) is 0 Å². The first-order valence-electron chi connectivity index (χ1n) is 5.63. The zero-order valence-electron chi connectivity index (χ0n) is 10.4. The van der Waals surface area contributed by atoms with Crippen LogP contribution in [0, 0.1) is 0 Å². The van der Waals surface area contributed by atoms with E-state index in [0.717, 1.165) is 0 Å². The molecule has 2 aromatic carbocycles. The van der Waals surface area contributed by atoms with E-state index in [1.54, 1.807) is 31.3 Å². The smallest absolute Gasteiger partial charge is 0.208 e. The van der Waals surface area contributed by atoms with E-state index in [4.69, 9.17) is 11.5 Å². The Morgan fingerprint density at radius 2 is 1.53 bits per heavy atom. The van der Waals surface area contributed by atoms with Gasteiger partial charge in [-0.15, -0.1) is 0 Å². The lowest BCUT2D eigenvalue weighted by Crippen LogP contribution is -2.06. The SMILES string of the molecule is CNc1cc(N)ccc1S(=O)(=O)c1ccc(N)cc1. The summed E-state index contributed by atoms with van der Waals surface area (Å²) in [7, 11) is -1.94. The Hall–Kier alpha value is -2.21. The molecule has 0 fully saturated rings. The molecule has 0 bridgehead atoms. The van der Waals surface area contributed by atoms with Crippen molar-refractivity contribution >= 4 is 26.9 Å². The van der Waals surface area contributed by atoms with E-state index in [1.165, 1.54) is 18.2 Å². The van der Waals surface area contributed by atoms with Crippen LogP contribution in [-0.4, -0.2) is 15.5 Å². The van der Waals surface area contributed by atoms with Gasteiger partial charge in [-0.25, -0.2) is 8.42 Å². The van der Waals surface area contributed by atoms with Gasteiger partial charge in [-0.1, -0.05) is 0 Å². The predicted octanol–water partition coefficient (Wildman–Crippen LogP) is 1.73. The largest absolute Gasteiger partial charge is 0.399 e. The van der Waals surface area contributed by atoms with Crippen molar-refractivity contribution in [1.82, 2.24) is 0 Å². The molecule has 0 spiro atoms. The summed E-state index contributed by atoms with van der Waals surface area (Å²) in [5.74, 6) is 0. The van der Waals surface area contributed by atoms with Crippen LogP contribution >= 0.6 is 0 Å². The maximum Gasteiger partial charge on any atom is 0.208 e. The molecule has 0 radical (unpaired) electrons. The number of nitrogens with one attached hydrogen (secondary N) is 1. The Bertz CT molecular complexity index is 694. The summed E-state index contributed by atoms with van der Waals surface area (Å²) in [5.41, 5.74) is 12.7. The van der Waals surface area contributed by atoms with Crippen molar-refractivity contribution in [2.45, 2.75) is 9.79 Å². The Kier molecular flexibility index (Phi) is 3.35. The lowest BCUT2D eigenvalue weighted by molar-refractivity contribution is 0.596. The first-order valence-corrected chi connectivity index (χ1v) is 7.11. The second-order valence-corrected chi connectivity index (χ2v) is 6.00. The number of nitrogen functional groups attached to an aromatic ring is 2. The van der Waals surface area contributed by atoms with Crippen molar-refractivity contribution in [2.75, 3.05) is 23.8 Å². The number of hydrogen-bond acceptors (Lipinski definition) is 5. The van der Waals surface area contributed by atoms with Crippen LogP contribution in [0.4, 0.5) is 17.1 Å². The molecule has 0 saturated heterocycles. The average Bonchev–Trinajstić information content (AvgIpc) is 2.38. The normalized spacial score (nSPS) is 11.2. The molecule has 0 saturated carbocycles. The summed E-state index contributed by atoms with van der Waals surface area (Å²) in [6.07, 6.45) is 0. The number of hydrogen-bond donors (Lipinski definition) is 3. The van der Waals surface area contributed by atoms with Crippen LogP contribution < -0.4 is 16.8 Å². The van der Waals surface area contributed by atoms with Crippen LogP contribution in [0.2, 0.25) is 0 Å². The minimum absolute atomic E-state index is 0.189. The van der Waals surface area contributed by atoms with E-state index in [1.807, 2.05) is 0 Å². The summed E-state index contributed by atoms with van der Waals surface area (Å²) in [5, 5.41) is 2.84. The molecule has 0 aromatic heterocycles. The minimum Gasteiger partial charge on any atom is -0.399 e. The van der Waals surface area contributed by atoms with E-state index in [0.29, 0.717) is 17.1 Å². The van der Waals surface area contributed by atoms with Gasteiger partial charge in [0.15, 0.2) is 0 Å². The first kappa shape index (κ1) is 13.2. The zero-order chi connectivity index (χ0) is 14.0. The van der Waals surface area contributed by atoms with Gasteiger partial charge >= 0.3 is 0 Å². The standard InChI is InChI=1S/C13H15N3O2S/c1-16-12-8-10(15)4-7-13(12)19(17,18)11-5-2-9(14)3-6-11/h2-8,16H,14-15H2,1H3. The Morgan fingerprint density at radius 3 is 2.11 bits per heavy atom. The fourth-order valence-electron chi connectivity index (χ4n) is 1.75. The highest BCUT2D eigenvalue weighted by Crippen LogP contribution is 2.29. The second kappa shape index (κ2) is 4.81. The van der Waals surface area contributed by atoms with Crippen LogP contribution in [0.1, 0.15) is 0 Å². The molecule has 2 aromatic rings. The zero-order valence-corrected chi connectivity index (χ0v) is 11.2. The van der Waals surface area contributed by atoms with Gasteiger partial charge in [-0.3, -0.25) is 0 Å². The lowest BCUT2D eigenvalue weighted by atomic mass is 10.3. The molecule has 2 rings (SSSR count). The van der Waals surface area contributed by atoms with Crippen molar-refractivity contribution in [2.24, 2.45) is 0 Å². The molecule has 0 atom stereocenters. The first-order chi connectivity index (χ1) is 8.95. The summed E-state index contributed by atoms with van der Waals surface area (Å²) < 4.78 is 25.0. The third kappa shape index (κ3) is 2.48. The number of rotatable bonds is 3. The average molecular weight is 277 g/mol. The molecule has 0 heterocycles. The third-order valence-electron chi connectivity index (χ3n) is 2.75. The van der Waals surface area contributed by atoms with Crippen LogP contribution in [-0.2, 0) is 9.84 Å². The van der Waals surface area contributed by atoms with E-state index in [9.17, 15) is 8.42 Å². The molecule has 5 nitrogen and oxygen atoms in total. The molecular weight excluding hydrogens is 262 g/mol. The van der Waals surface area contributed by atoms with Crippen molar-refractivity contribution in [3.63, 3.8) is 0 Å². The van der Waals surface area contributed by atoms with E-state index >= 15 is 0 Å². The fraction of sp³-hybridized carbons (Fsp3) is 0.0769. The van der Waals surface area contributed by atoms with Crippen LogP contribution in [0.15, 0.2) is 52.3 Å². The number of benzene rings is 2. The van der Waals surface area contributed by atoms with Gasteiger partial charge in [-0.2, -0.15) is 0 Å². The molecule has 19 heavy (non-hydrogen) atoms. The topological polar surface area (TPSA) is 98.2 Å². The van der Waals surface area contributed by atoms with Gasteiger partial charge in [0.2, 0.25) is 9.84 Å². The molecule has 0 unspecified atom stereocenters. The summed E-state index contributed by atoms with van der Waals surface area (Å²) in [4.78, 5) is 0.386. The van der Waals surface area contributed by atoms with E-state index in [2.05, 4.69) is 5.32 Å². The molecule has 0 aliphatic rings. The van der Waals surface area contributed by atoms with Crippen molar-refractivity contribution < 1.29 is 8.42 Å². The number of anilines is 3. The van der Waals surface area contributed by atoms with E-state index in [-0.39, 0.29) is 9.79 Å². The molecule has 0 amide bonds. The summed E-state index contributed by atoms with van der Waals surface area (Å²) >= 11 is 0. The number of nitrogens with two attached hydrogens (primary N) is 2. The lowest BCUT2D eigenvalue weighted by Gasteiger charge is -2.11. The van der Waals surface area contributed by atoms with E-state index < -0.39 is 9.84 Å². The van der Waals surface area contributed by atoms with Gasteiger partial charge < -0.3 is 16.8 Å². The Morgan fingerprint density at radius 1 is 0.947 bits per heavy atom. The second-order valence-electron chi connectivity index (χ2n) is 4.08. The van der Waals surface area contributed by atoms with Gasteiger partial charge in [0.25, 0.3) is 0 Å². The van der Waals surface area contributed by atoms with Gasteiger partial charge in [0.1, 0.15) is 0 Å². The maximum atomic E-state index is 12.5. The molecule has 5 N–H and O–H groups in total. The quantitative estimate of drug-likeness (QED) is 0.742. The highest BCUT2D eigenvalue weighted by atomic mass is 32.2. The molecular formula is C13H15N3O2S. The Balaban J connectivity index is 2.59. The molecule has 100 valence electrons.